The maximum Gasteiger partial charge on any atom is 0.245 e. The quantitative estimate of drug-likeness (QED) is 0.784. The number of hydrogen-bond donors (Lipinski definition) is 2. The standard InChI is InChI=1S/C10H12ClNO2/c11-9-3-1-8(2-4-9)5-6-12-10(14)7-13/h1-4,13H,5-7H2,(H,12,14). The third-order valence-corrected chi connectivity index (χ3v) is 2.04. The van der Waals surface area contributed by atoms with E-state index in [1.807, 2.05) is 24.3 Å². The normalized spacial score (nSPS) is 9.86. The topological polar surface area (TPSA) is 49.3 Å². The second-order valence-electron chi connectivity index (χ2n) is 2.88. The Balaban J connectivity index is 2.31. The molecule has 0 aliphatic rings. The number of halogens is 1. The third kappa shape index (κ3) is 3.77. The summed E-state index contributed by atoms with van der Waals surface area (Å²) in [5.41, 5.74) is 1.10. The van der Waals surface area contributed by atoms with E-state index in [4.69, 9.17) is 16.7 Å². The number of aliphatic hydroxyl groups excluding tert-OH is 1. The van der Waals surface area contributed by atoms with Crippen molar-refractivity contribution in [3.8, 4) is 0 Å². The molecule has 4 heteroatoms. The molecule has 0 fully saturated rings. The first-order valence-corrected chi connectivity index (χ1v) is 4.72. The summed E-state index contributed by atoms with van der Waals surface area (Å²) in [6, 6.07) is 7.44. The summed E-state index contributed by atoms with van der Waals surface area (Å²) in [5, 5.41) is 11.7. The minimum Gasteiger partial charge on any atom is -0.387 e. The van der Waals surface area contributed by atoms with E-state index < -0.39 is 6.61 Å². The molecule has 0 saturated carbocycles. The highest BCUT2D eigenvalue weighted by Gasteiger charge is 1.97. The molecule has 0 radical (unpaired) electrons. The van der Waals surface area contributed by atoms with Crippen molar-refractivity contribution < 1.29 is 9.90 Å². The SMILES string of the molecule is O=C(CO)NCCc1ccc(Cl)cc1. The van der Waals surface area contributed by atoms with Crippen LogP contribution in [0.4, 0.5) is 0 Å². The van der Waals surface area contributed by atoms with Crippen LogP contribution in [0.15, 0.2) is 24.3 Å². The molecule has 1 rings (SSSR count). The molecular weight excluding hydrogens is 202 g/mol. The van der Waals surface area contributed by atoms with Crippen LogP contribution in [-0.2, 0) is 11.2 Å². The lowest BCUT2D eigenvalue weighted by molar-refractivity contribution is -0.123. The molecule has 0 aliphatic heterocycles. The fourth-order valence-corrected chi connectivity index (χ4v) is 1.18. The zero-order chi connectivity index (χ0) is 10.4. The first-order chi connectivity index (χ1) is 6.72. The Morgan fingerprint density at radius 1 is 1.36 bits per heavy atom. The number of nitrogens with one attached hydrogen (secondary N) is 1. The maximum absolute atomic E-state index is 10.7. The molecular formula is C10H12ClNO2. The zero-order valence-electron chi connectivity index (χ0n) is 7.66. The van der Waals surface area contributed by atoms with Gasteiger partial charge >= 0.3 is 0 Å². The number of aliphatic hydroxyl groups is 1. The average molecular weight is 214 g/mol. The van der Waals surface area contributed by atoms with Gasteiger partial charge in [-0.25, -0.2) is 0 Å². The summed E-state index contributed by atoms with van der Waals surface area (Å²) in [6.45, 7) is 0.0711. The fourth-order valence-electron chi connectivity index (χ4n) is 1.05. The molecule has 14 heavy (non-hydrogen) atoms. The van der Waals surface area contributed by atoms with Crippen LogP contribution in [0.2, 0.25) is 5.02 Å². The molecule has 76 valence electrons. The first-order valence-electron chi connectivity index (χ1n) is 4.34. The fraction of sp³-hybridized carbons (Fsp3) is 0.300. The summed E-state index contributed by atoms with van der Waals surface area (Å²) in [4.78, 5) is 10.7. The highest BCUT2D eigenvalue weighted by molar-refractivity contribution is 6.30. The molecule has 0 bridgehead atoms. The molecule has 0 saturated heterocycles. The molecule has 1 amide bonds. The lowest BCUT2D eigenvalue weighted by Crippen LogP contribution is -2.28. The average Bonchev–Trinajstić information content (AvgIpc) is 2.21. The van der Waals surface area contributed by atoms with Gasteiger partial charge in [-0.2, -0.15) is 0 Å². The lowest BCUT2D eigenvalue weighted by Gasteiger charge is -2.03. The van der Waals surface area contributed by atoms with Crippen LogP contribution >= 0.6 is 11.6 Å². The van der Waals surface area contributed by atoms with Crippen LogP contribution < -0.4 is 5.32 Å². The van der Waals surface area contributed by atoms with Crippen molar-refractivity contribution in [2.24, 2.45) is 0 Å². The number of rotatable bonds is 4. The molecule has 2 N–H and O–H groups in total. The van der Waals surface area contributed by atoms with E-state index >= 15 is 0 Å². The Bertz CT molecular complexity index is 297. The van der Waals surface area contributed by atoms with E-state index in [1.165, 1.54) is 0 Å². The van der Waals surface area contributed by atoms with Gasteiger partial charge in [-0.3, -0.25) is 4.79 Å². The van der Waals surface area contributed by atoms with E-state index in [0.29, 0.717) is 11.6 Å². The Kier molecular flexibility index (Phi) is 4.43. The predicted octanol–water partition coefficient (Wildman–Crippen LogP) is 0.991. The van der Waals surface area contributed by atoms with Crippen molar-refractivity contribution in [1.82, 2.24) is 5.32 Å². The van der Waals surface area contributed by atoms with Gasteiger partial charge in [0.15, 0.2) is 0 Å². The van der Waals surface area contributed by atoms with Gasteiger partial charge in [-0.15, -0.1) is 0 Å². The number of hydrogen-bond acceptors (Lipinski definition) is 2. The minimum absolute atomic E-state index is 0.348. The summed E-state index contributed by atoms with van der Waals surface area (Å²) in [7, 11) is 0. The number of carbonyl (C=O) groups excluding carboxylic acids is 1. The second-order valence-corrected chi connectivity index (χ2v) is 3.32. The molecule has 0 atom stereocenters. The van der Waals surface area contributed by atoms with Gasteiger partial charge in [0, 0.05) is 11.6 Å². The smallest absolute Gasteiger partial charge is 0.245 e. The van der Waals surface area contributed by atoms with Gasteiger partial charge in [0.1, 0.15) is 6.61 Å². The molecule has 0 aliphatic carbocycles. The Labute approximate surface area is 87.7 Å². The van der Waals surface area contributed by atoms with Gasteiger partial charge in [0.05, 0.1) is 0 Å². The van der Waals surface area contributed by atoms with Crippen LogP contribution in [0.25, 0.3) is 0 Å². The molecule has 1 aromatic carbocycles. The van der Waals surface area contributed by atoms with E-state index in [0.717, 1.165) is 12.0 Å². The molecule has 0 heterocycles. The molecule has 1 aromatic rings. The number of carbonyl (C=O) groups is 1. The summed E-state index contributed by atoms with van der Waals surface area (Å²) >= 11 is 5.72. The number of benzene rings is 1. The van der Waals surface area contributed by atoms with Crippen molar-refractivity contribution in [1.29, 1.82) is 0 Å². The van der Waals surface area contributed by atoms with Crippen molar-refractivity contribution in [2.45, 2.75) is 6.42 Å². The Morgan fingerprint density at radius 2 is 2.00 bits per heavy atom. The van der Waals surface area contributed by atoms with Gasteiger partial charge in [-0.05, 0) is 24.1 Å². The van der Waals surface area contributed by atoms with Crippen LogP contribution in [0.5, 0.6) is 0 Å². The van der Waals surface area contributed by atoms with Crippen molar-refractivity contribution in [2.75, 3.05) is 13.2 Å². The van der Waals surface area contributed by atoms with Gasteiger partial charge < -0.3 is 10.4 Å². The molecule has 0 unspecified atom stereocenters. The minimum atomic E-state index is -0.458. The first kappa shape index (κ1) is 11.0. The van der Waals surface area contributed by atoms with Crippen LogP contribution in [-0.4, -0.2) is 24.2 Å². The number of amides is 1. The van der Waals surface area contributed by atoms with Crippen LogP contribution in [0.1, 0.15) is 5.56 Å². The largest absolute Gasteiger partial charge is 0.387 e. The van der Waals surface area contributed by atoms with E-state index in [1.54, 1.807) is 0 Å². The van der Waals surface area contributed by atoms with Crippen molar-refractivity contribution in [3.63, 3.8) is 0 Å². The van der Waals surface area contributed by atoms with Gasteiger partial charge in [0.2, 0.25) is 5.91 Å². The summed E-state index contributed by atoms with van der Waals surface area (Å²) < 4.78 is 0. The monoisotopic (exact) mass is 213 g/mol. The van der Waals surface area contributed by atoms with E-state index in [-0.39, 0.29) is 5.91 Å². The van der Waals surface area contributed by atoms with E-state index in [9.17, 15) is 4.79 Å². The zero-order valence-corrected chi connectivity index (χ0v) is 8.42. The van der Waals surface area contributed by atoms with Gasteiger partial charge in [0.25, 0.3) is 0 Å². The summed E-state index contributed by atoms with van der Waals surface area (Å²) in [5.74, 6) is -0.348. The van der Waals surface area contributed by atoms with Crippen LogP contribution in [0.3, 0.4) is 0 Å². The third-order valence-electron chi connectivity index (χ3n) is 1.79. The lowest BCUT2D eigenvalue weighted by atomic mass is 10.1. The van der Waals surface area contributed by atoms with Gasteiger partial charge in [-0.1, -0.05) is 23.7 Å². The van der Waals surface area contributed by atoms with Crippen LogP contribution in [0, 0.1) is 0 Å². The van der Waals surface area contributed by atoms with Crippen molar-refractivity contribution in [3.05, 3.63) is 34.9 Å². The highest BCUT2D eigenvalue weighted by atomic mass is 35.5. The maximum atomic E-state index is 10.7. The second kappa shape index (κ2) is 5.62. The van der Waals surface area contributed by atoms with E-state index in [2.05, 4.69) is 5.32 Å². The predicted molar refractivity (Wildman–Crippen MR) is 55.3 cm³/mol. The Hall–Kier alpha value is -1.06. The Morgan fingerprint density at radius 3 is 2.57 bits per heavy atom. The molecule has 0 aromatic heterocycles. The highest BCUT2D eigenvalue weighted by Crippen LogP contribution is 2.09. The van der Waals surface area contributed by atoms with Crippen molar-refractivity contribution >= 4 is 17.5 Å². The summed E-state index contributed by atoms with van der Waals surface area (Å²) in [6.07, 6.45) is 0.739. The molecule has 3 nitrogen and oxygen atoms in total. The molecule has 0 spiro atoms.